The van der Waals surface area contributed by atoms with E-state index in [0.717, 1.165) is 12.5 Å². The predicted molar refractivity (Wildman–Crippen MR) is 108 cm³/mol. The first-order chi connectivity index (χ1) is 12.7. The first-order valence-electron chi connectivity index (χ1n) is 8.92. The minimum atomic E-state index is -3.93. The van der Waals surface area contributed by atoms with E-state index in [1.165, 1.54) is 10.4 Å². The van der Waals surface area contributed by atoms with Crippen molar-refractivity contribution in [2.75, 3.05) is 19.6 Å². The SMILES string of the molecule is Cc1cc([N+](=O)[O-])cc(S(=O)(=O)N2CCCCC2CNC(=O)CCN)c1C.Cl. The molecule has 1 unspecified atom stereocenters. The number of nitrogens with two attached hydrogens (primary N) is 1. The predicted octanol–water partition coefficient (Wildman–Crippen LogP) is 1.64. The summed E-state index contributed by atoms with van der Waals surface area (Å²) >= 11 is 0. The molecule has 1 heterocycles. The highest BCUT2D eigenvalue weighted by Crippen LogP contribution is 2.31. The van der Waals surface area contributed by atoms with Gasteiger partial charge in [-0.25, -0.2) is 8.42 Å². The smallest absolute Gasteiger partial charge is 0.271 e. The van der Waals surface area contributed by atoms with E-state index in [-0.39, 0.29) is 54.4 Å². The molecule has 0 aliphatic carbocycles. The summed E-state index contributed by atoms with van der Waals surface area (Å²) in [6.07, 6.45) is 2.37. The van der Waals surface area contributed by atoms with Crippen LogP contribution in [0.5, 0.6) is 0 Å². The first-order valence-corrected chi connectivity index (χ1v) is 10.4. The largest absolute Gasteiger partial charge is 0.354 e. The lowest BCUT2D eigenvalue weighted by Crippen LogP contribution is -2.49. The Morgan fingerprint density at radius 2 is 2.04 bits per heavy atom. The number of piperidine rings is 1. The third kappa shape index (κ3) is 5.40. The lowest BCUT2D eigenvalue weighted by atomic mass is 10.1. The molecule has 28 heavy (non-hydrogen) atoms. The average Bonchev–Trinajstić information content (AvgIpc) is 2.62. The van der Waals surface area contributed by atoms with Gasteiger partial charge in [-0.05, 0) is 37.8 Å². The summed E-state index contributed by atoms with van der Waals surface area (Å²) in [5.41, 5.74) is 6.16. The molecule has 0 bridgehead atoms. The lowest BCUT2D eigenvalue weighted by molar-refractivity contribution is -0.385. The van der Waals surface area contributed by atoms with E-state index in [1.807, 2.05) is 0 Å². The normalized spacial score (nSPS) is 17.6. The van der Waals surface area contributed by atoms with E-state index in [2.05, 4.69) is 5.32 Å². The maximum absolute atomic E-state index is 13.3. The molecule has 1 fully saturated rings. The fourth-order valence-corrected chi connectivity index (χ4v) is 5.27. The number of nitrogens with zero attached hydrogens (tertiary/aromatic N) is 2. The van der Waals surface area contributed by atoms with Gasteiger partial charge in [0.2, 0.25) is 15.9 Å². The molecular formula is C17H27ClN4O5S. The van der Waals surface area contributed by atoms with Crippen LogP contribution >= 0.6 is 12.4 Å². The van der Waals surface area contributed by atoms with E-state index in [9.17, 15) is 23.3 Å². The van der Waals surface area contributed by atoms with Crippen LogP contribution in [0.15, 0.2) is 17.0 Å². The zero-order chi connectivity index (χ0) is 20.2. The minimum Gasteiger partial charge on any atom is -0.354 e. The van der Waals surface area contributed by atoms with Crippen LogP contribution in [0.25, 0.3) is 0 Å². The number of carbonyl (C=O) groups is 1. The van der Waals surface area contributed by atoms with Crippen LogP contribution in [0, 0.1) is 24.0 Å². The van der Waals surface area contributed by atoms with E-state index in [0.29, 0.717) is 30.5 Å². The van der Waals surface area contributed by atoms with Crippen molar-refractivity contribution in [3.63, 3.8) is 0 Å². The molecule has 0 radical (unpaired) electrons. The molecule has 0 spiro atoms. The first kappa shape index (κ1) is 24.3. The Kier molecular flexibility index (Phi) is 8.80. The van der Waals surface area contributed by atoms with Crippen molar-refractivity contribution in [2.24, 2.45) is 5.73 Å². The lowest BCUT2D eigenvalue weighted by Gasteiger charge is -2.35. The van der Waals surface area contributed by atoms with E-state index < -0.39 is 14.9 Å². The van der Waals surface area contributed by atoms with Crippen LogP contribution in [-0.4, -0.2) is 49.2 Å². The Labute approximate surface area is 171 Å². The number of non-ortho nitro benzene ring substituents is 1. The molecule has 1 amide bonds. The van der Waals surface area contributed by atoms with Crippen LogP contribution in [-0.2, 0) is 14.8 Å². The van der Waals surface area contributed by atoms with E-state index in [1.54, 1.807) is 13.8 Å². The summed E-state index contributed by atoms with van der Waals surface area (Å²) in [5.74, 6) is -0.220. The third-order valence-corrected chi connectivity index (χ3v) is 6.96. The van der Waals surface area contributed by atoms with Crippen LogP contribution < -0.4 is 11.1 Å². The maximum Gasteiger partial charge on any atom is 0.271 e. The number of sulfonamides is 1. The highest BCUT2D eigenvalue weighted by Gasteiger charge is 2.35. The van der Waals surface area contributed by atoms with Crippen molar-refractivity contribution in [1.29, 1.82) is 0 Å². The molecule has 1 aliphatic heterocycles. The number of benzene rings is 1. The van der Waals surface area contributed by atoms with E-state index >= 15 is 0 Å². The fraction of sp³-hybridized carbons (Fsp3) is 0.588. The summed E-state index contributed by atoms with van der Waals surface area (Å²) in [5, 5.41) is 13.9. The van der Waals surface area contributed by atoms with Gasteiger partial charge in [0.05, 0.1) is 9.82 Å². The number of aryl methyl sites for hydroxylation is 1. The van der Waals surface area contributed by atoms with E-state index in [4.69, 9.17) is 5.73 Å². The van der Waals surface area contributed by atoms with Crippen molar-refractivity contribution in [3.05, 3.63) is 33.4 Å². The number of rotatable bonds is 7. The molecule has 1 aromatic rings. The van der Waals surface area contributed by atoms with Gasteiger partial charge in [-0.15, -0.1) is 12.4 Å². The zero-order valence-corrected chi connectivity index (χ0v) is 17.6. The standard InChI is InChI=1S/C17H26N4O5S.ClH/c1-12-9-15(21(23)24)10-16(13(12)2)27(25,26)20-8-4-3-5-14(20)11-19-17(22)6-7-18;/h9-10,14H,3-8,11,18H2,1-2H3,(H,19,22);1H. The Bertz CT molecular complexity index is 831. The Hall–Kier alpha value is -1.75. The quantitative estimate of drug-likeness (QED) is 0.494. The van der Waals surface area contributed by atoms with Gasteiger partial charge in [0.1, 0.15) is 0 Å². The molecule has 9 nitrogen and oxygen atoms in total. The number of nitro benzene ring substituents is 1. The molecule has 0 aromatic heterocycles. The van der Waals surface area contributed by atoms with Gasteiger partial charge in [0.15, 0.2) is 0 Å². The second-order valence-electron chi connectivity index (χ2n) is 6.75. The highest BCUT2D eigenvalue weighted by molar-refractivity contribution is 7.89. The van der Waals surface area contributed by atoms with Crippen molar-refractivity contribution in [3.8, 4) is 0 Å². The third-order valence-electron chi connectivity index (χ3n) is 4.88. The summed E-state index contributed by atoms with van der Waals surface area (Å²) < 4.78 is 27.9. The van der Waals surface area contributed by atoms with Crippen LogP contribution in [0.3, 0.4) is 0 Å². The van der Waals surface area contributed by atoms with Crippen LogP contribution in [0.2, 0.25) is 0 Å². The summed E-state index contributed by atoms with van der Waals surface area (Å²) in [6, 6.07) is 2.11. The Morgan fingerprint density at radius 3 is 2.64 bits per heavy atom. The summed E-state index contributed by atoms with van der Waals surface area (Å²) in [7, 11) is -3.93. The Morgan fingerprint density at radius 1 is 1.36 bits per heavy atom. The average molecular weight is 435 g/mol. The maximum atomic E-state index is 13.3. The molecule has 1 aliphatic rings. The molecule has 1 saturated heterocycles. The molecule has 0 saturated carbocycles. The number of amides is 1. The molecule has 3 N–H and O–H groups in total. The molecule has 1 atom stereocenters. The van der Waals surface area contributed by atoms with Crippen molar-refractivity contribution in [1.82, 2.24) is 9.62 Å². The van der Waals surface area contributed by atoms with Crippen molar-refractivity contribution in [2.45, 2.75) is 50.5 Å². The van der Waals surface area contributed by atoms with Crippen LogP contribution in [0.1, 0.15) is 36.8 Å². The summed E-state index contributed by atoms with van der Waals surface area (Å²) in [4.78, 5) is 22.2. The van der Waals surface area contributed by atoms with Gasteiger partial charge in [0.25, 0.3) is 5.69 Å². The van der Waals surface area contributed by atoms with Gasteiger partial charge >= 0.3 is 0 Å². The fourth-order valence-electron chi connectivity index (χ4n) is 3.25. The number of nitro groups is 1. The molecule has 158 valence electrons. The monoisotopic (exact) mass is 434 g/mol. The summed E-state index contributed by atoms with van der Waals surface area (Å²) in [6.45, 7) is 4.05. The zero-order valence-electron chi connectivity index (χ0n) is 16.0. The second-order valence-corrected chi connectivity index (χ2v) is 8.61. The second kappa shape index (κ2) is 10.1. The van der Waals surface area contributed by atoms with Crippen molar-refractivity contribution < 1.29 is 18.1 Å². The Balaban J connectivity index is 0.00000392. The number of hydrogen-bond acceptors (Lipinski definition) is 6. The van der Waals surface area contributed by atoms with Gasteiger partial charge in [0, 0.05) is 44.2 Å². The number of carbonyl (C=O) groups excluding carboxylic acids is 1. The van der Waals surface area contributed by atoms with Gasteiger partial charge < -0.3 is 11.1 Å². The van der Waals surface area contributed by atoms with Crippen LogP contribution in [0.4, 0.5) is 5.69 Å². The minimum absolute atomic E-state index is 0. The van der Waals surface area contributed by atoms with Crippen molar-refractivity contribution >= 4 is 34.0 Å². The molecular weight excluding hydrogens is 408 g/mol. The highest BCUT2D eigenvalue weighted by atomic mass is 35.5. The molecule has 2 rings (SSSR count). The van der Waals surface area contributed by atoms with Gasteiger partial charge in [-0.3, -0.25) is 14.9 Å². The van der Waals surface area contributed by atoms with Gasteiger partial charge in [-0.2, -0.15) is 4.31 Å². The topological polar surface area (TPSA) is 136 Å². The van der Waals surface area contributed by atoms with Gasteiger partial charge in [-0.1, -0.05) is 6.42 Å². The molecule has 11 heteroatoms. The number of nitrogens with one attached hydrogen (secondary N) is 1. The molecule has 1 aromatic carbocycles. The number of hydrogen-bond donors (Lipinski definition) is 2. The number of halogens is 1.